The number of halogens is 2. The molecule has 1 aromatic carbocycles. The average Bonchev–Trinajstić information content (AvgIpc) is 2.46. The Bertz CT molecular complexity index is 725. The van der Waals surface area contributed by atoms with Crippen LogP contribution in [0.3, 0.4) is 0 Å². The van der Waals surface area contributed by atoms with Gasteiger partial charge in [0.15, 0.2) is 0 Å². The molecule has 0 radical (unpaired) electrons. The van der Waals surface area contributed by atoms with E-state index >= 15 is 0 Å². The highest BCUT2D eigenvalue weighted by molar-refractivity contribution is 9.10. The van der Waals surface area contributed by atoms with Gasteiger partial charge in [-0.2, -0.15) is 0 Å². The van der Waals surface area contributed by atoms with Crippen LogP contribution in [0.4, 0.5) is 14.0 Å². The molecule has 1 heterocycles. The van der Waals surface area contributed by atoms with Gasteiger partial charge in [0.2, 0.25) is 0 Å². The predicted molar refractivity (Wildman–Crippen MR) is 97.7 cm³/mol. The number of ether oxygens (including phenoxy) is 2. The summed E-state index contributed by atoms with van der Waals surface area (Å²) >= 11 is 3.15. The second-order valence-electron chi connectivity index (χ2n) is 8.08. The van der Waals surface area contributed by atoms with E-state index in [4.69, 9.17) is 9.47 Å². The minimum absolute atomic E-state index is 0.00763. The molecule has 0 saturated carbocycles. The summed E-state index contributed by atoms with van der Waals surface area (Å²) in [4.78, 5) is 25.2. The molecule has 0 aromatic heterocycles. The van der Waals surface area contributed by atoms with Crippen molar-refractivity contribution in [1.82, 2.24) is 10.0 Å². The highest BCUT2D eigenvalue weighted by atomic mass is 79.9. The zero-order chi connectivity index (χ0) is 19.9. The molecule has 0 aliphatic carbocycles. The second-order valence-corrected chi connectivity index (χ2v) is 8.93. The number of hydrogen-bond donors (Lipinski definition) is 0. The van der Waals surface area contributed by atoms with E-state index in [1.165, 1.54) is 0 Å². The molecule has 2 amide bonds. The minimum Gasteiger partial charge on any atom is -0.442 e. The molecule has 0 atom stereocenters. The monoisotopic (exact) mass is 430 g/mol. The number of benzene rings is 1. The van der Waals surface area contributed by atoms with Gasteiger partial charge in [0.25, 0.3) is 0 Å². The molecule has 2 rings (SSSR count). The van der Waals surface area contributed by atoms with Gasteiger partial charge in [0.1, 0.15) is 17.0 Å². The van der Waals surface area contributed by atoms with Crippen LogP contribution in [0.15, 0.2) is 16.6 Å². The minimum atomic E-state index is -0.757. The van der Waals surface area contributed by atoms with E-state index in [0.717, 1.165) is 10.0 Å². The van der Waals surface area contributed by atoms with Gasteiger partial charge in [0, 0.05) is 5.56 Å². The molecule has 1 aliphatic heterocycles. The highest BCUT2D eigenvalue weighted by Crippen LogP contribution is 2.31. The van der Waals surface area contributed by atoms with Crippen molar-refractivity contribution in [2.24, 2.45) is 0 Å². The van der Waals surface area contributed by atoms with Gasteiger partial charge < -0.3 is 9.47 Å². The molecular formula is C18H24BrFN2O4. The van der Waals surface area contributed by atoms with Gasteiger partial charge in [-0.05, 0) is 69.1 Å². The number of nitrogens with zero attached hydrogens (tertiary/aromatic N) is 2. The number of amides is 2. The van der Waals surface area contributed by atoms with Crippen LogP contribution in [0.1, 0.15) is 52.7 Å². The normalized spacial score (nSPS) is 14.8. The van der Waals surface area contributed by atoms with Crippen molar-refractivity contribution in [3.05, 3.63) is 33.5 Å². The highest BCUT2D eigenvalue weighted by Gasteiger charge is 2.38. The lowest BCUT2D eigenvalue weighted by atomic mass is 10.0. The third-order valence-corrected chi connectivity index (χ3v) is 4.03. The van der Waals surface area contributed by atoms with Crippen LogP contribution in [-0.4, -0.2) is 33.4 Å². The Labute approximate surface area is 161 Å². The van der Waals surface area contributed by atoms with Crippen molar-refractivity contribution >= 4 is 28.1 Å². The predicted octanol–water partition coefficient (Wildman–Crippen LogP) is 4.99. The zero-order valence-electron chi connectivity index (χ0n) is 15.9. The van der Waals surface area contributed by atoms with Crippen LogP contribution in [0, 0.1) is 5.82 Å². The molecule has 1 aliphatic rings. The smallest absolute Gasteiger partial charge is 0.429 e. The molecule has 6 nitrogen and oxygen atoms in total. The first-order valence-electron chi connectivity index (χ1n) is 8.25. The fraction of sp³-hybridized carbons (Fsp3) is 0.556. The van der Waals surface area contributed by atoms with Crippen molar-refractivity contribution in [1.29, 1.82) is 0 Å². The third kappa shape index (κ3) is 4.87. The first-order chi connectivity index (χ1) is 11.8. The second kappa shape index (κ2) is 7.06. The first-order valence-corrected chi connectivity index (χ1v) is 9.04. The summed E-state index contributed by atoms with van der Waals surface area (Å²) in [5.41, 5.74) is -0.546. The third-order valence-electron chi connectivity index (χ3n) is 3.42. The van der Waals surface area contributed by atoms with Gasteiger partial charge in [-0.25, -0.2) is 24.0 Å². The summed E-state index contributed by atoms with van der Waals surface area (Å²) < 4.78 is 25.6. The Kier molecular flexibility index (Phi) is 5.56. The van der Waals surface area contributed by atoms with Crippen molar-refractivity contribution in [2.45, 2.75) is 65.8 Å². The molecule has 0 fully saturated rings. The summed E-state index contributed by atoms with van der Waals surface area (Å²) in [6, 6.07) is 3.29. The molecule has 26 heavy (non-hydrogen) atoms. The summed E-state index contributed by atoms with van der Waals surface area (Å²) in [6.07, 6.45) is -1.44. The average molecular weight is 431 g/mol. The Morgan fingerprint density at radius 2 is 1.42 bits per heavy atom. The fourth-order valence-electron chi connectivity index (χ4n) is 2.39. The van der Waals surface area contributed by atoms with Crippen LogP contribution in [-0.2, 0) is 22.6 Å². The lowest BCUT2D eigenvalue weighted by molar-refractivity contribution is -0.0756. The van der Waals surface area contributed by atoms with Crippen LogP contribution in [0.25, 0.3) is 0 Å². The molecule has 1 aromatic rings. The Morgan fingerprint density at radius 3 is 1.88 bits per heavy atom. The van der Waals surface area contributed by atoms with Crippen molar-refractivity contribution < 1.29 is 23.5 Å². The van der Waals surface area contributed by atoms with E-state index in [1.54, 1.807) is 53.7 Å². The molecule has 0 saturated heterocycles. The van der Waals surface area contributed by atoms with E-state index in [9.17, 15) is 14.0 Å². The van der Waals surface area contributed by atoms with Gasteiger partial charge in [-0.3, -0.25) is 0 Å². The van der Waals surface area contributed by atoms with E-state index in [0.29, 0.717) is 15.6 Å². The first kappa shape index (κ1) is 20.5. The van der Waals surface area contributed by atoms with Crippen LogP contribution in [0.2, 0.25) is 0 Å². The molecular weight excluding hydrogens is 407 g/mol. The topological polar surface area (TPSA) is 59.1 Å². The maximum atomic E-state index is 14.5. The number of carbonyl (C=O) groups excluding carboxylic acids is 2. The SMILES string of the molecule is CC(C)(C)OC(=O)N1Cc2ccc(Br)c(F)c2CN1C(=O)OC(C)(C)C. The van der Waals surface area contributed by atoms with E-state index in [1.807, 2.05) is 0 Å². The molecule has 0 N–H and O–H groups in total. The lowest BCUT2D eigenvalue weighted by Crippen LogP contribution is -2.54. The summed E-state index contributed by atoms with van der Waals surface area (Å²) in [6.45, 7) is 10.2. The maximum absolute atomic E-state index is 14.5. The fourth-order valence-corrected chi connectivity index (χ4v) is 2.76. The van der Waals surface area contributed by atoms with E-state index < -0.39 is 29.2 Å². The largest absolute Gasteiger partial charge is 0.442 e. The molecule has 0 unspecified atom stereocenters. The number of hydrogen-bond acceptors (Lipinski definition) is 4. The number of carbonyl (C=O) groups is 2. The van der Waals surface area contributed by atoms with Gasteiger partial charge in [0.05, 0.1) is 17.6 Å². The maximum Gasteiger partial charge on any atom is 0.429 e. The quantitative estimate of drug-likeness (QED) is 0.581. The number of fused-ring (bicyclic) bond motifs is 1. The van der Waals surface area contributed by atoms with E-state index in [-0.39, 0.29) is 13.1 Å². The van der Waals surface area contributed by atoms with Gasteiger partial charge in [-0.1, -0.05) is 6.07 Å². The molecule has 8 heteroatoms. The van der Waals surface area contributed by atoms with Crippen molar-refractivity contribution in [2.75, 3.05) is 0 Å². The van der Waals surface area contributed by atoms with Crippen LogP contribution < -0.4 is 0 Å². The molecule has 0 bridgehead atoms. The lowest BCUT2D eigenvalue weighted by Gasteiger charge is -2.40. The summed E-state index contributed by atoms with van der Waals surface area (Å²) in [5.74, 6) is -0.458. The van der Waals surface area contributed by atoms with Crippen molar-refractivity contribution in [3.63, 3.8) is 0 Å². The zero-order valence-corrected chi connectivity index (χ0v) is 17.4. The van der Waals surface area contributed by atoms with Crippen LogP contribution >= 0.6 is 15.9 Å². The summed E-state index contributed by atoms with van der Waals surface area (Å²) in [5, 5.41) is 2.23. The van der Waals surface area contributed by atoms with Crippen molar-refractivity contribution in [3.8, 4) is 0 Å². The summed E-state index contributed by atoms with van der Waals surface area (Å²) in [7, 11) is 0. The van der Waals surface area contributed by atoms with Crippen LogP contribution in [0.5, 0.6) is 0 Å². The van der Waals surface area contributed by atoms with Gasteiger partial charge in [-0.15, -0.1) is 0 Å². The number of rotatable bonds is 0. The molecule has 0 spiro atoms. The number of hydrazine groups is 1. The van der Waals surface area contributed by atoms with E-state index in [2.05, 4.69) is 15.9 Å². The Morgan fingerprint density at radius 1 is 0.962 bits per heavy atom. The van der Waals surface area contributed by atoms with Gasteiger partial charge >= 0.3 is 12.2 Å². The molecule has 144 valence electrons. The Hall–Kier alpha value is -1.83. The standard InChI is InChI=1S/C18H24BrFN2O4/c1-17(2,3)25-15(23)21-9-11-7-8-13(19)14(20)12(11)10-22(21)16(24)26-18(4,5)6/h7-8H,9-10H2,1-6H3. The Balaban J connectivity index is 2.40.